The lowest BCUT2D eigenvalue weighted by Gasteiger charge is -2.26. The molecule has 1 atom stereocenters. The van der Waals surface area contributed by atoms with Gasteiger partial charge in [0, 0.05) is 12.6 Å². The van der Waals surface area contributed by atoms with Gasteiger partial charge in [-0.25, -0.2) is 8.42 Å². The molecule has 1 aromatic carbocycles. The molecular formula is C14H21NO3S. The van der Waals surface area contributed by atoms with Crippen LogP contribution >= 0.6 is 0 Å². The minimum atomic E-state index is -3.38. The van der Waals surface area contributed by atoms with Crippen molar-refractivity contribution in [3.8, 4) is 5.75 Å². The first-order valence-electron chi connectivity index (χ1n) is 6.62. The lowest BCUT2D eigenvalue weighted by Crippen LogP contribution is -2.38. The molecule has 0 saturated carbocycles. The normalized spacial score (nSPS) is 20.9. The van der Waals surface area contributed by atoms with Crippen LogP contribution in [0.3, 0.4) is 0 Å². The first kappa shape index (κ1) is 14.3. The summed E-state index contributed by atoms with van der Waals surface area (Å²) in [7, 11) is -1.81. The standard InChI is InChI=1S/C14H21NO3S/c1-11(2)14-5-4-10-15(14)19(16,17)13-8-6-12(18-3)7-9-13/h6-9,11,14H,4-5,10H2,1-3H3. The molecule has 1 aromatic rings. The number of hydrogen-bond acceptors (Lipinski definition) is 3. The van der Waals surface area contributed by atoms with Crippen molar-refractivity contribution in [1.82, 2.24) is 4.31 Å². The largest absolute Gasteiger partial charge is 0.497 e. The monoisotopic (exact) mass is 283 g/mol. The highest BCUT2D eigenvalue weighted by atomic mass is 32.2. The van der Waals surface area contributed by atoms with Gasteiger partial charge < -0.3 is 4.74 Å². The van der Waals surface area contributed by atoms with E-state index >= 15 is 0 Å². The Labute approximate surface area is 115 Å². The molecule has 0 amide bonds. The average Bonchev–Trinajstić information content (AvgIpc) is 2.89. The van der Waals surface area contributed by atoms with Crippen molar-refractivity contribution in [1.29, 1.82) is 0 Å². The van der Waals surface area contributed by atoms with Crippen molar-refractivity contribution in [3.63, 3.8) is 0 Å². The van der Waals surface area contributed by atoms with Crippen LogP contribution in [0, 0.1) is 5.92 Å². The van der Waals surface area contributed by atoms with Crippen molar-refractivity contribution >= 4 is 10.0 Å². The van der Waals surface area contributed by atoms with E-state index in [0.717, 1.165) is 12.8 Å². The number of hydrogen-bond donors (Lipinski definition) is 0. The van der Waals surface area contributed by atoms with Crippen LogP contribution < -0.4 is 4.74 Å². The van der Waals surface area contributed by atoms with Gasteiger partial charge >= 0.3 is 0 Å². The molecule has 0 bridgehead atoms. The number of methoxy groups -OCH3 is 1. The third-order valence-electron chi connectivity index (χ3n) is 3.68. The van der Waals surface area contributed by atoms with E-state index in [4.69, 9.17) is 4.74 Å². The molecule has 5 heteroatoms. The SMILES string of the molecule is COc1ccc(S(=O)(=O)N2CCCC2C(C)C)cc1. The molecule has 19 heavy (non-hydrogen) atoms. The molecule has 0 N–H and O–H groups in total. The van der Waals surface area contributed by atoms with Crippen LogP contribution in [0.15, 0.2) is 29.2 Å². The zero-order valence-electron chi connectivity index (χ0n) is 11.7. The topological polar surface area (TPSA) is 46.6 Å². The van der Waals surface area contributed by atoms with Crippen LogP contribution in [-0.2, 0) is 10.0 Å². The van der Waals surface area contributed by atoms with Gasteiger partial charge in [0.15, 0.2) is 0 Å². The molecule has 1 aliphatic rings. The van der Waals surface area contributed by atoms with E-state index < -0.39 is 10.0 Å². The Morgan fingerprint density at radius 3 is 2.42 bits per heavy atom. The van der Waals surface area contributed by atoms with Crippen LogP contribution in [0.4, 0.5) is 0 Å². The molecule has 1 heterocycles. The predicted octanol–water partition coefficient (Wildman–Crippen LogP) is 2.50. The Morgan fingerprint density at radius 1 is 1.26 bits per heavy atom. The van der Waals surface area contributed by atoms with Gasteiger partial charge in [-0.2, -0.15) is 4.31 Å². The van der Waals surface area contributed by atoms with Crippen molar-refractivity contribution in [2.75, 3.05) is 13.7 Å². The van der Waals surface area contributed by atoms with E-state index in [0.29, 0.717) is 23.1 Å². The summed E-state index contributed by atoms with van der Waals surface area (Å²) >= 11 is 0. The molecule has 1 fully saturated rings. The minimum Gasteiger partial charge on any atom is -0.497 e. The maximum Gasteiger partial charge on any atom is 0.243 e. The number of benzene rings is 1. The van der Waals surface area contributed by atoms with Crippen molar-refractivity contribution < 1.29 is 13.2 Å². The van der Waals surface area contributed by atoms with Gasteiger partial charge in [0.25, 0.3) is 0 Å². The molecule has 1 aliphatic heterocycles. The predicted molar refractivity (Wildman–Crippen MR) is 74.7 cm³/mol. The fourth-order valence-electron chi connectivity index (χ4n) is 2.61. The molecule has 0 spiro atoms. The molecule has 0 aliphatic carbocycles. The highest BCUT2D eigenvalue weighted by molar-refractivity contribution is 7.89. The van der Waals surface area contributed by atoms with Gasteiger partial charge in [-0.3, -0.25) is 0 Å². The van der Waals surface area contributed by atoms with Gasteiger partial charge in [-0.1, -0.05) is 13.8 Å². The number of ether oxygens (including phenoxy) is 1. The second kappa shape index (κ2) is 5.51. The van der Waals surface area contributed by atoms with Crippen LogP contribution in [-0.4, -0.2) is 32.4 Å². The Balaban J connectivity index is 2.30. The summed E-state index contributed by atoms with van der Waals surface area (Å²) in [6.07, 6.45) is 1.89. The van der Waals surface area contributed by atoms with Crippen molar-refractivity contribution in [2.45, 2.75) is 37.6 Å². The van der Waals surface area contributed by atoms with E-state index in [1.54, 1.807) is 35.7 Å². The summed E-state index contributed by atoms with van der Waals surface area (Å²) < 4.78 is 32.0. The third-order valence-corrected chi connectivity index (χ3v) is 5.62. The highest BCUT2D eigenvalue weighted by Crippen LogP contribution is 2.30. The number of sulfonamides is 1. The fraction of sp³-hybridized carbons (Fsp3) is 0.571. The average molecular weight is 283 g/mol. The van der Waals surface area contributed by atoms with Crippen LogP contribution in [0.1, 0.15) is 26.7 Å². The third kappa shape index (κ3) is 2.77. The summed E-state index contributed by atoms with van der Waals surface area (Å²) in [5.41, 5.74) is 0. The first-order chi connectivity index (χ1) is 8.96. The van der Waals surface area contributed by atoms with E-state index in [-0.39, 0.29) is 6.04 Å². The van der Waals surface area contributed by atoms with Gasteiger partial charge in [-0.05, 0) is 43.0 Å². The van der Waals surface area contributed by atoms with Gasteiger partial charge in [0.1, 0.15) is 5.75 Å². The second-order valence-corrected chi connectivity index (χ2v) is 7.14. The maximum atomic E-state index is 12.6. The molecule has 1 saturated heterocycles. The Morgan fingerprint density at radius 2 is 1.89 bits per heavy atom. The number of rotatable bonds is 4. The molecule has 1 unspecified atom stereocenters. The zero-order chi connectivity index (χ0) is 14.0. The molecule has 0 radical (unpaired) electrons. The highest BCUT2D eigenvalue weighted by Gasteiger charge is 2.36. The molecule has 0 aromatic heterocycles. The summed E-state index contributed by atoms with van der Waals surface area (Å²) in [4.78, 5) is 0.348. The molecular weight excluding hydrogens is 262 g/mol. The lowest BCUT2D eigenvalue weighted by molar-refractivity contribution is 0.315. The van der Waals surface area contributed by atoms with Crippen molar-refractivity contribution in [3.05, 3.63) is 24.3 Å². The van der Waals surface area contributed by atoms with Crippen LogP contribution in [0.5, 0.6) is 5.75 Å². The Hall–Kier alpha value is -1.07. The second-order valence-electron chi connectivity index (χ2n) is 5.24. The summed E-state index contributed by atoms with van der Waals surface area (Å²) in [6.45, 7) is 4.77. The van der Waals surface area contributed by atoms with Crippen LogP contribution in [0.25, 0.3) is 0 Å². The fourth-order valence-corrected chi connectivity index (χ4v) is 4.44. The quantitative estimate of drug-likeness (QED) is 0.853. The first-order valence-corrected chi connectivity index (χ1v) is 8.06. The molecule has 4 nitrogen and oxygen atoms in total. The van der Waals surface area contributed by atoms with Crippen molar-refractivity contribution in [2.24, 2.45) is 5.92 Å². The van der Waals surface area contributed by atoms with Gasteiger partial charge in [0.05, 0.1) is 12.0 Å². The van der Waals surface area contributed by atoms with E-state index in [1.165, 1.54) is 0 Å². The van der Waals surface area contributed by atoms with E-state index in [9.17, 15) is 8.42 Å². The van der Waals surface area contributed by atoms with Gasteiger partial charge in [-0.15, -0.1) is 0 Å². The zero-order valence-corrected chi connectivity index (χ0v) is 12.5. The lowest BCUT2D eigenvalue weighted by atomic mass is 10.0. The van der Waals surface area contributed by atoms with Gasteiger partial charge in [0.2, 0.25) is 10.0 Å². The van der Waals surface area contributed by atoms with E-state index in [2.05, 4.69) is 13.8 Å². The smallest absolute Gasteiger partial charge is 0.243 e. The summed E-state index contributed by atoms with van der Waals surface area (Å²) in [5.74, 6) is 1.01. The Kier molecular flexibility index (Phi) is 4.16. The molecule has 2 rings (SSSR count). The molecule has 106 valence electrons. The maximum absolute atomic E-state index is 12.6. The minimum absolute atomic E-state index is 0.118. The summed E-state index contributed by atoms with van der Waals surface area (Å²) in [6, 6.07) is 6.72. The van der Waals surface area contributed by atoms with Crippen LogP contribution in [0.2, 0.25) is 0 Å². The number of nitrogens with zero attached hydrogens (tertiary/aromatic N) is 1. The summed E-state index contributed by atoms with van der Waals surface area (Å²) in [5, 5.41) is 0. The van der Waals surface area contributed by atoms with E-state index in [1.807, 2.05) is 0 Å². The Bertz CT molecular complexity index is 522.